The first-order chi connectivity index (χ1) is 4.88. The lowest BCUT2D eigenvalue weighted by atomic mass is 10.1. The highest BCUT2D eigenvalue weighted by molar-refractivity contribution is 5.52. The number of hydrogen-bond donors (Lipinski definition) is 1. The van der Waals surface area contributed by atoms with Crippen LogP contribution in [0.3, 0.4) is 0 Å². The van der Waals surface area contributed by atoms with Gasteiger partial charge in [-0.25, -0.2) is 0 Å². The second-order valence-electron chi connectivity index (χ2n) is 2.74. The van der Waals surface area contributed by atoms with Crippen LogP contribution in [0.4, 0.5) is 0 Å². The molecule has 0 aliphatic heterocycles. The average molecular weight is 134 g/mol. The van der Waals surface area contributed by atoms with E-state index in [2.05, 4.69) is 18.2 Å². The smallest absolute Gasteiger partial charge is 0.101 e. The third-order valence-corrected chi connectivity index (χ3v) is 1.91. The Labute approximate surface area is 60.4 Å². The highest BCUT2D eigenvalue weighted by Gasteiger charge is 2.22. The molecular formula is C9H10O. The lowest BCUT2D eigenvalue weighted by molar-refractivity contribution is 0.435. The molecule has 52 valence electrons. The van der Waals surface area contributed by atoms with Crippen molar-refractivity contribution in [2.45, 2.75) is 19.3 Å². The molecule has 0 aromatic carbocycles. The van der Waals surface area contributed by atoms with Crippen molar-refractivity contribution in [3.8, 4) is 0 Å². The van der Waals surface area contributed by atoms with Gasteiger partial charge in [-0.2, -0.15) is 0 Å². The first-order valence-corrected chi connectivity index (χ1v) is 3.66. The molecule has 0 aromatic heterocycles. The molecule has 0 radical (unpaired) electrons. The monoisotopic (exact) mass is 134 g/mol. The first kappa shape index (κ1) is 5.78. The molecule has 0 atom stereocenters. The lowest BCUT2D eigenvalue weighted by Gasteiger charge is -2.00. The van der Waals surface area contributed by atoms with Crippen LogP contribution in [0.1, 0.15) is 19.3 Å². The predicted molar refractivity (Wildman–Crippen MR) is 40.7 cm³/mol. The fourth-order valence-corrected chi connectivity index (χ4v) is 1.23. The molecule has 0 aromatic rings. The summed E-state index contributed by atoms with van der Waals surface area (Å²) < 4.78 is 0. The van der Waals surface area contributed by atoms with Crippen molar-refractivity contribution in [2.75, 3.05) is 0 Å². The van der Waals surface area contributed by atoms with Gasteiger partial charge in [-0.15, -0.1) is 0 Å². The van der Waals surface area contributed by atoms with Gasteiger partial charge in [-0.05, 0) is 18.4 Å². The minimum Gasteiger partial charge on any atom is -0.512 e. The maximum absolute atomic E-state index is 8.98. The van der Waals surface area contributed by atoms with Gasteiger partial charge in [0.1, 0.15) is 5.76 Å². The van der Waals surface area contributed by atoms with E-state index in [1.165, 1.54) is 5.57 Å². The fourth-order valence-electron chi connectivity index (χ4n) is 1.23. The second kappa shape index (κ2) is 2.01. The average Bonchev–Trinajstić information content (AvgIpc) is 2.69. The number of aliphatic hydroxyl groups excluding tert-OH is 1. The van der Waals surface area contributed by atoms with Gasteiger partial charge in [-0.3, -0.25) is 0 Å². The number of allylic oxidation sites excluding steroid dienone is 6. The predicted octanol–water partition coefficient (Wildman–Crippen LogP) is 2.48. The van der Waals surface area contributed by atoms with E-state index in [4.69, 9.17) is 5.11 Å². The summed E-state index contributed by atoms with van der Waals surface area (Å²) in [5.41, 5.74) is 2.39. The van der Waals surface area contributed by atoms with Crippen LogP contribution in [0.25, 0.3) is 0 Å². The Morgan fingerprint density at radius 2 is 2.10 bits per heavy atom. The third kappa shape index (κ3) is 0.878. The summed E-state index contributed by atoms with van der Waals surface area (Å²) in [6, 6.07) is 0. The molecule has 2 rings (SSSR count). The minimum absolute atomic E-state index is 0.581. The Bertz CT molecular complexity index is 243. The van der Waals surface area contributed by atoms with E-state index in [-0.39, 0.29) is 0 Å². The van der Waals surface area contributed by atoms with Crippen molar-refractivity contribution in [2.24, 2.45) is 0 Å². The Kier molecular flexibility index (Phi) is 1.16. The number of hydrogen-bond acceptors (Lipinski definition) is 1. The SMILES string of the molecule is OC1=C(C2=CCCC=C2)C1. The zero-order valence-electron chi connectivity index (χ0n) is 5.80. The number of rotatable bonds is 1. The van der Waals surface area contributed by atoms with Crippen LogP contribution < -0.4 is 0 Å². The lowest BCUT2D eigenvalue weighted by Crippen LogP contribution is -1.81. The molecule has 0 unspecified atom stereocenters. The molecule has 0 saturated carbocycles. The highest BCUT2D eigenvalue weighted by atomic mass is 16.3. The molecule has 0 amide bonds. The number of aliphatic hydroxyl groups is 1. The van der Waals surface area contributed by atoms with Gasteiger partial charge in [0.15, 0.2) is 0 Å². The van der Waals surface area contributed by atoms with Crippen molar-refractivity contribution >= 4 is 0 Å². The van der Waals surface area contributed by atoms with Crippen molar-refractivity contribution in [1.29, 1.82) is 0 Å². The van der Waals surface area contributed by atoms with Gasteiger partial charge < -0.3 is 5.11 Å². The quantitative estimate of drug-likeness (QED) is 0.584. The normalized spacial score (nSPS) is 23.0. The maximum atomic E-state index is 8.98. The van der Waals surface area contributed by atoms with E-state index in [0.29, 0.717) is 5.76 Å². The van der Waals surface area contributed by atoms with Crippen LogP contribution >= 0.6 is 0 Å². The fraction of sp³-hybridized carbons (Fsp3) is 0.333. The summed E-state index contributed by atoms with van der Waals surface area (Å²) in [6.45, 7) is 0. The van der Waals surface area contributed by atoms with E-state index in [9.17, 15) is 0 Å². The maximum Gasteiger partial charge on any atom is 0.101 e. The van der Waals surface area contributed by atoms with Crippen LogP contribution in [0.15, 0.2) is 35.1 Å². The summed E-state index contributed by atoms with van der Waals surface area (Å²) in [4.78, 5) is 0. The van der Waals surface area contributed by atoms with Crippen molar-refractivity contribution in [3.05, 3.63) is 35.1 Å². The molecule has 0 spiro atoms. The van der Waals surface area contributed by atoms with Crippen molar-refractivity contribution < 1.29 is 5.11 Å². The standard InChI is InChI=1S/C9H10O/c10-9-6-8(9)7-4-2-1-3-5-7/h2,4-5,10H,1,3,6H2. The summed E-state index contributed by atoms with van der Waals surface area (Å²) in [5.74, 6) is 0.581. The van der Waals surface area contributed by atoms with Gasteiger partial charge in [0.2, 0.25) is 0 Å². The van der Waals surface area contributed by atoms with E-state index < -0.39 is 0 Å². The van der Waals surface area contributed by atoms with E-state index >= 15 is 0 Å². The van der Waals surface area contributed by atoms with Crippen LogP contribution in [0.2, 0.25) is 0 Å². The van der Waals surface area contributed by atoms with Crippen LogP contribution in [0, 0.1) is 0 Å². The first-order valence-electron chi connectivity index (χ1n) is 3.66. The molecule has 0 fully saturated rings. The molecule has 0 heterocycles. The summed E-state index contributed by atoms with van der Waals surface area (Å²) in [6.07, 6.45) is 9.55. The Hall–Kier alpha value is -0.980. The van der Waals surface area contributed by atoms with Gasteiger partial charge in [-0.1, -0.05) is 18.2 Å². The molecule has 2 aliphatic carbocycles. The zero-order valence-corrected chi connectivity index (χ0v) is 5.80. The second-order valence-corrected chi connectivity index (χ2v) is 2.74. The van der Waals surface area contributed by atoms with E-state index in [1.54, 1.807) is 0 Å². The minimum atomic E-state index is 0.581. The highest BCUT2D eigenvalue weighted by Crippen LogP contribution is 2.36. The summed E-state index contributed by atoms with van der Waals surface area (Å²) in [7, 11) is 0. The van der Waals surface area contributed by atoms with Gasteiger partial charge in [0.05, 0.1) is 0 Å². The van der Waals surface area contributed by atoms with E-state index in [0.717, 1.165) is 24.8 Å². The van der Waals surface area contributed by atoms with Crippen molar-refractivity contribution in [3.63, 3.8) is 0 Å². The molecule has 10 heavy (non-hydrogen) atoms. The molecular weight excluding hydrogens is 124 g/mol. The molecule has 0 saturated heterocycles. The Morgan fingerprint density at radius 1 is 1.30 bits per heavy atom. The molecule has 0 bridgehead atoms. The third-order valence-electron chi connectivity index (χ3n) is 1.91. The van der Waals surface area contributed by atoms with Crippen molar-refractivity contribution in [1.82, 2.24) is 0 Å². The van der Waals surface area contributed by atoms with Gasteiger partial charge >= 0.3 is 0 Å². The molecule has 1 N–H and O–H groups in total. The summed E-state index contributed by atoms with van der Waals surface area (Å²) >= 11 is 0. The Balaban J connectivity index is 2.19. The largest absolute Gasteiger partial charge is 0.512 e. The van der Waals surface area contributed by atoms with Gasteiger partial charge in [0, 0.05) is 12.0 Å². The van der Waals surface area contributed by atoms with Crippen LogP contribution in [-0.2, 0) is 0 Å². The molecule has 1 nitrogen and oxygen atoms in total. The molecule has 1 heteroatoms. The summed E-state index contributed by atoms with van der Waals surface area (Å²) in [5, 5.41) is 8.98. The molecule has 2 aliphatic rings. The Morgan fingerprint density at radius 3 is 2.60 bits per heavy atom. The van der Waals surface area contributed by atoms with E-state index in [1.807, 2.05) is 0 Å². The van der Waals surface area contributed by atoms with Crippen LogP contribution in [0.5, 0.6) is 0 Å². The topological polar surface area (TPSA) is 20.2 Å². The van der Waals surface area contributed by atoms with Crippen LogP contribution in [-0.4, -0.2) is 5.11 Å². The van der Waals surface area contributed by atoms with Gasteiger partial charge in [0.25, 0.3) is 0 Å². The zero-order chi connectivity index (χ0) is 6.97.